The third-order valence-corrected chi connectivity index (χ3v) is 14.0. The molecule has 5 aliphatic carbocycles. The van der Waals surface area contributed by atoms with Gasteiger partial charge in [0.25, 0.3) is 0 Å². The zero-order valence-electron chi connectivity index (χ0n) is 26.6. The quantitative estimate of drug-likeness (QED) is 0.281. The average Bonchev–Trinajstić information content (AvgIpc) is 2.85. The van der Waals surface area contributed by atoms with Gasteiger partial charge in [0.2, 0.25) is 0 Å². The summed E-state index contributed by atoms with van der Waals surface area (Å²) in [5, 5.41) is 11.0. The van der Waals surface area contributed by atoms with E-state index in [2.05, 4.69) is 54.5 Å². The van der Waals surface area contributed by atoms with Crippen LogP contribution >= 0.6 is 0 Å². The molecule has 5 heteroatoms. The number of ketones is 1. The number of carboxylic acids is 1. The van der Waals surface area contributed by atoms with Gasteiger partial charge in [0.1, 0.15) is 17.3 Å². The number of carboxylic acid groups (broad SMARTS) is 1. The first-order valence-corrected chi connectivity index (χ1v) is 16.1. The van der Waals surface area contributed by atoms with Crippen LogP contribution in [-0.2, 0) is 19.1 Å². The van der Waals surface area contributed by atoms with Gasteiger partial charge in [-0.25, -0.2) is 0 Å². The van der Waals surface area contributed by atoms with Crippen LogP contribution in [0.5, 0.6) is 0 Å². The maximum absolute atomic E-state index is 13.4. The van der Waals surface area contributed by atoms with Crippen molar-refractivity contribution in [2.75, 3.05) is 0 Å². The summed E-state index contributed by atoms with van der Waals surface area (Å²) in [4.78, 5) is 39.5. The summed E-state index contributed by atoms with van der Waals surface area (Å²) in [7, 11) is 0. The van der Waals surface area contributed by atoms with Crippen LogP contribution in [-0.4, -0.2) is 28.9 Å². The predicted octanol–water partition coefficient (Wildman–Crippen LogP) is 8.01. The topological polar surface area (TPSA) is 80.7 Å². The molecule has 5 rings (SSSR count). The molecule has 4 saturated carbocycles. The summed E-state index contributed by atoms with van der Waals surface area (Å²) >= 11 is 0. The maximum Gasteiger partial charge on any atom is 0.314 e. The first kappa shape index (κ1) is 29.8. The summed E-state index contributed by atoms with van der Waals surface area (Å²) in [6, 6.07) is 0. The van der Waals surface area contributed by atoms with Crippen LogP contribution in [0.15, 0.2) is 11.6 Å². The van der Waals surface area contributed by atoms with Gasteiger partial charge in [-0.3, -0.25) is 14.4 Å². The first-order chi connectivity index (χ1) is 18.4. The van der Waals surface area contributed by atoms with E-state index in [0.717, 1.165) is 38.5 Å². The molecule has 40 heavy (non-hydrogen) atoms. The summed E-state index contributed by atoms with van der Waals surface area (Å²) in [6.45, 7) is 20.0. The van der Waals surface area contributed by atoms with Crippen LogP contribution < -0.4 is 0 Å². The van der Waals surface area contributed by atoms with E-state index in [9.17, 15) is 19.5 Å². The van der Waals surface area contributed by atoms with E-state index in [1.54, 1.807) is 0 Å². The number of rotatable bonds is 4. The van der Waals surface area contributed by atoms with Crippen molar-refractivity contribution >= 4 is 17.7 Å². The normalized spacial score (nSPS) is 46.0. The molecule has 4 fully saturated rings. The smallest absolute Gasteiger partial charge is 0.314 e. The molecular weight excluding hydrogens is 500 g/mol. The Morgan fingerprint density at radius 2 is 1.68 bits per heavy atom. The molecule has 0 bridgehead atoms. The Bertz CT molecular complexity index is 1130. The lowest BCUT2D eigenvalue weighted by atomic mass is 9.33. The van der Waals surface area contributed by atoms with Gasteiger partial charge < -0.3 is 9.84 Å². The van der Waals surface area contributed by atoms with Crippen LogP contribution in [0.3, 0.4) is 0 Å². The molecule has 0 aromatic carbocycles. The minimum atomic E-state index is -1.08. The number of esters is 1. The lowest BCUT2D eigenvalue weighted by Crippen LogP contribution is -2.66. The Balaban J connectivity index is 1.59. The Hall–Kier alpha value is -1.65. The second-order valence-electron chi connectivity index (χ2n) is 16.6. The third kappa shape index (κ3) is 3.80. The van der Waals surface area contributed by atoms with Gasteiger partial charge in [-0.1, -0.05) is 74.0 Å². The van der Waals surface area contributed by atoms with Crippen LogP contribution in [0.1, 0.15) is 127 Å². The van der Waals surface area contributed by atoms with Crippen molar-refractivity contribution in [3.8, 4) is 0 Å². The highest BCUT2D eigenvalue weighted by Crippen LogP contribution is 2.75. The molecule has 0 heterocycles. The van der Waals surface area contributed by atoms with E-state index >= 15 is 0 Å². The predicted molar refractivity (Wildman–Crippen MR) is 156 cm³/mol. The fourth-order valence-corrected chi connectivity index (χ4v) is 11.2. The number of fused-ring (bicyclic) bond motifs is 7. The number of ether oxygens (including phenoxy) is 1. The number of hydrogen-bond acceptors (Lipinski definition) is 4. The van der Waals surface area contributed by atoms with Crippen molar-refractivity contribution in [1.29, 1.82) is 0 Å². The van der Waals surface area contributed by atoms with Gasteiger partial charge in [0, 0.05) is 17.8 Å². The van der Waals surface area contributed by atoms with Gasteiger partial charge >= 0.3 is 11.9 Å². The molecule has 0 aliphatic heterocycles. The van der Waals surface area contributed by atoms with E-state index < -0.39 is 17.5 Å². The average molecular weight is 555 g/mol. The van der Waals surface area contributed by atoms with Crippen molar-refractivity contribution in [1.82, 2.24) is 0 Å². The molecule has 5 nitrogen and oxygen atoms in total. The fraction of sp³-hybridized carbons (Fsp3) is 0.857. The number of carbonyl (C=O) groups excluding carboxylic acids is 2. The molecule has 9 unspecified atom stereocenters. The molecule has 1 N–H and O–H groups in total. The molecule has 0 aromatic rings. The van der Waals surface area contributed by atoms with Crippen molar-refractivity contribution < 1.29 is 24.2 Å². The van der Waals surface area contributed by atoms with Crippen LogP contribution in [0.4, 0.5) is 0 Å². The molecule has 0 radical (unpaired) electrons. The molecule has 9 atom stereocenters. The maximum atomic E-state index is 13.4. The second-order valence-corrected chi connectivity index (χ2v) is 16.6. The molecule has 0 saturated heterocycles. The van der Waals surface area contributed by atoms with Crippen molar-refractivity contribution in [3.63, 3.8) is 0 Å². The molecule has 0 spiro atoms. The van der Waals surface area contributed by atoms with Crippen LogP contribution in [0.25, 0.3) is 0 Å². The largest absolute Gasteiger partial charge is 0.481 e. The van der Waals surface area contributed by atoms with Gasteiger partial charge in [0.15, 0.2) is 0 Å². The molecule has 0 amide bonds. The monoisotopic (exact) mass is 554 g/mol. The Kier molecular flexibility index (Phi) is 6.84. The number of allylic oxidation sites excluding steroid dienone is 2. The standard InChI is InChI=1S/C35H54O5/c1-10-21(2)28(37)40-27-20-30(3,4)19-23-22-11-12-25-32(7)15-14-26(36)31(5,6)24(32)13-16-34(25,9)33(22,8)17-18-35(23,27)29(38)39/h11,21,23-25,27H,10,12-20H2,1-9H3,(H,38,39). The summed E-state index contributed by atoms with van der Waals surface area (Å²) in [6.07, 6.45) is 9.96. The van der Waals surface area contributed by atoms with E-state index in [-0.39, 0.29) is 44.9 Å². The van der Waals surface area contributed by atoms with E-state index in [4.69, 9.17) is 4.74 Å². The van der Waals surface area contributed by atoms with Gasteiger partial charge in [-0.05, 0) is 91.3 Å². The van der Waals surface area contributed by atoms with E-state index in [0.29, 0.717) is 43.3 Å². The Morgan fingerprint density at radius 3 is 2.30 bits per heavy atom. The second kappa shape index (κ2) is 9.17. The van der Waals surface area contributed by atoms with Gasteiger partial charge in [-0.15, -0.1) is 0 Å². The third-order valence-electron chi connectivity index (χ3n) is 14.0. The fourth-order valence-electron chi connectivity index (χ4n) is 11.2. The van der Waals surface area contributed by atoms with E-state index in [1.165, 1.54) is 5.57 Å². The van der Waals surface area contributed by atoms with Gasteiger partial charge in [0.05, 0.1) is 5.92 Å². The van der Waals surface area contributed by atoms with E-state index in [1.807, 2.05) is 13.8 Å². The minimum Gasteiger partial charge on any atom is -0.481 e. The Labute approximate surface area is 242 Å². The highest BCUT2D eigenvalue weighted by Gasteiger charge is 2.71. The summed E-state index contributed by atoms with van der Waals surface area (Å²) < 4.78 is 6.20. The van der Waals surface area contributed by atoms with Crippen molar-refractivity contribution in [2.24, 2.45) is 56.2 Å². The SMILES string of the molecule is CCC(C)C(=O)OC1CC(C)(C)CC2C3=CCC4C5(C)CCC(=O)C(C)(C)C5CCC4(C)C3(C)CCC12C(=O)O. The zero-order chi connectivity index (χ0) is 29.7. The lowest BCUT2D eigenvalue weighted by Gasteiger charge is -2.70. The van der Waals surface area contributed by atoms with Crippen molar-refractivity contribution in [3.05, 3.63) is 11.6 Å². The lowest BCUT2D eigenvalue weighted by molar-refractivity contribution is -0.208. The Morgan fingerprint density at radius 1 is 1.00 bits per heavy atom. The number of aliphatic carboxylic acids is 1. The number of Topliss-reactive ketones (excluding diaryl/α,β-unsaturated/α-hetero) is 1. The molecule has 5 aliphatic rings. The number of carbonyl (C=O) groups is 3. The highest BCUT2D eigenvalue weighted by molar-refractivity contribution is 5.85. The zero-order valence-corrected chi connectivity index (χ0v) is 26.6. The highest BCUT2D eigenvalue weighted by atomic mass is 16.5. The molecule has 0 aromatic heterocycles. The van der Waals surface area contributed by atoms with Crippen LogP contribution in [0.2, 0.25) is 0 Å². The first-order valence-electron chi connectivity index (χ1n) is 16.1. The summed E-state index contributed by atoms with van der Waals surface area (Å²) in [5.41, 5.74) is -0.149. The van der Waals surface area contributed by atoms with Gasteiger partial charge in [-0.2, -0.15) is 0 Å². The summed E-state index contributed by atoms with van der Waals surface area (Å²) in [5.74, 6) is -0.167. The molecular formula is C35H54O5. The van der Waals surface area contributed by atoms with Crippen LogP contribution in [0, 0.1) is 56.2 Å². The van der Waals surface area contributed by atoms with Crippen molar-refractivity contribution in [2.45, 2.75) is 133 Å². The molecule has 224 valence electrons. The minimum absolute atomic E-state index is 0.0357. The number of hydrogen-bond donors (Lipinski definition) is 1.